The number of imidazole rings is 1. The number of benzene rings is 2. The van der Waals surface area contributed by atoms with Crippen LogP contribution in [0.4, 0.5) is 0 Å². The number of aromatic nitrogens is 2. The van der Waals surface area contributed by atoms with Gasteiger partial charge in [0, 0.05) is 25.7 Å². The number of nitrogens with zero attached hydrogens (tertiary/aromatic N) is 3. The summed E-state index contributed by atoms with van der Waals surface area (Å²) in [6.45, 7) is 3.32. The first-order valence-electron chi connectivity index (χ1n) is 9.46. The summed E-state index contributed by atoms with van der Waals surface area (Å²) in [5.41, 5.74) is 9.59. The van der Waals surface area contributed by atoms with E-state index in [2.05, 4.69) is 4.90 Å². The second kappa shape index (κ2) is 6.32. The van der Waals surface area contributed by atoms with Gasteiger partial charge in [-0.15, -0.1) is 0 Å². The topological polar surface area (TPSA) is 82.5 Å². The largest absolute Gasteiger partial charge is 0.378 e. The van der Waals surface area contributed by atoms with E-state index in [0.29, 0.717) is 11.6 Å². The summed E-state index contributed by atoms with van der Waals surface area (Å²) >= 11 is 0. The highest BCUT2D eigenvalue weighted by atomic mass is 16.5. The maximum absolute atomic E-state index is 12.9. The van der Waals surface area contributed by atoms with E-state index in [1.165, 1.54) is 0 Å². The number of ether oxygens (including phenoxy) is 1. The third-order valence-electron chi connectivity index (χ3n) is 5.96. The van der Waals surface area contributed by atoms with Crippen LogP contribution >= 0.6 is 0 Å². The van der Waals surface area contributed by atoms with Crippen molar-refractivity contribution in [1.82, 2.24) is 14.0 Å². The molecule has 1 aromatic heterocycles. The summed E-state index contributed by atoms with van der Waals surface area (Å²) in [6.07, 6.45) is 0. The zero-order chi connectivity index (χ0) is 19.4. The van der Waals surface area contributed by atoms with E-state index in [0.717, 1.165) is 48.5 Å². The van der Waals surface area contributed by atoms with Gasteiger partial charge in [-0.05, 0) is 35.4 Å². The molecular formula is C21H22N4O3. The molecule has 1 amide bonds. The van der Waals surface area contributed by atoms with E-state index in [-0.39, 0.29) is 11.7 Å². The fraction of sp³-hybridized carbons (Fsp3) is 0.333. The average molecular weight is 378 g/mol. The Hall–Kier alpha value is -2.90. The van der Waals surface area contributed by atoms with E-state index < -0.39 is 5.91 Å². The van der Waals surface area contributed by atoms with Crippen molar-refractivity contribution in [2.45, 2.75) is 12.1 Å². The van der Waals surface area contributed by atoms with Crippen molar-refractivity contribution < 1.29 is 9.53 Å². The molecule has 144 valence electrons. The first kappa shape index (κ1) is 17.2. The van der Waals surface area contributed by atoms with Crippen molar-refractivity contribution in [2.75, 3.05) is 26.3 Å². The first-order chi connectivity index (χ1) is 13.5. The molecular weight excluding hydrogens is 356 g/mol. The molecule has 3 heterocycles. The summed E-state index contributed by atoms with van der Waals surface area (Å²) in [4.78, 5) is 26.8. The summed E-state index contributed by atoms with van der Waals surface area (Å²) in [6, 6.07) is 13.9. The maximum Gasteiger partial charge on any atom is 0.329 e. The molecule has 0 saturated carbocycles. The van der Waals surface area contributed by atoms with Crippen molar-refractivity contribution in [3.05, 3.63) is 58.5 Å². The normalized spacial score (nSPS) is 18.2. The Morgan fingerprint density at radius 2 is 1.79 bits per heavy atom. The van der Waals surface area contributed by atoms with Crippen LogP contribution in [0, 0.1) is 0 Å². The molecule has 2 aliphatic heterocycles. The molecule has 2 saturated heterocycles. The molecule has 2 aliphatic rings. The lowest BCUT2D eigenvalue weighted by Crippen LogP contribution is -2.60. The van der Waals surface area contributed by atoms with Crippen LogP contribution in [-0.4, -0.2) is 52.3 Å². The minimum absolute atomic E-state index is 0.00699. The van der Waals surface area contributed by atoms with Crippen molar-refractivity contribution in [3.8, 4) is 11.1 Å². The van der Waals surface area contributed by atoms with Gasteiger partial charge in [-0.1, -0.05) is 18.2 Å². The average Bonchev–Trinajstić information content (AvgIpc) is 2.87. The van der Waals surface area contributed by atoms with E-state index >= 15 is 0 Å². The molecule has 7 nitrogen and oxygen atoms in total. The van der Waals surface area contributed by atoms with Crippen LogP contribution < -0.4 is 11.4 Å². The molecule has 0 atom stereocenters. The minimum Gasteiger partial charge on any atom is -0.378 e. The number of nitrogens with two attached hydrogens (primary N) is 1. The number of primary amides is 1. The monoisotopic (exact) mass is 378 g/mol. The number of likely N-dealkylation sites (tertiary alicyclic amines) is 1. The van der Waals surface area contributed by atoms with Gasteiger partial charge in [0.1, 0.15) is 0 Å². The molecule has 0 spiro atoms. The number of carbonyl (C=O) groups excluding carboxylic acids is 1. The van der Waals surface area contributed by atoms with Gasteiger partial charge in [-0.25, -0.2) is 4.79 Å². The van der Waals surface area contributed by atoms with Crippen LogP contribution in [0.2, 0.25) is 0 Å². The van der Waals surface area contributed by atoms with Crippen LogP contribution in [0.5, 0.6) is 0 Å². The lowest BCUT2D eigenvalue weighted by Gasteiger charge is -2.47. The Morgan fingerprint density at radius 3 is 2.46 bits per heavy atom. The minimum atomic E-state index is -0.450. The maximum atomic E-state index is 12.9. The summed E-state index contributed by atoms with van der Waals surface area (Å²) in [7, 11) is 1.81. The zero-order valence-electron chi connectivity index (χ0n) is 15.7. The predicted molar refractivity (Wildman–Crippen MR) is 106 cm³/mol. The SMILES string of the molecule is Cn1c(=O)n(C2CN(C3COC3)C2)c2cc(-c3cccc(C(N)=O)c3)ccc21. The van der Waals surface area contributed by atoms with Crippen LogP contribution in [0.25, 0.3) is 22.2 Å². The molecule has 7 heteroatoms. The Kier molecular flexibility index (Phi) is 3.89. The van der Waals surface area contributed by atoms with Crippen LogP contribution in [0.15, 0.2) is 47.3 Å². The second-order valence-corrected chi connectivity index (χ2v) is 7.66. The van der Waals surface area contributed by atoms with Crippen LogP contribution in [0.3, 0.4) is 0 Å². The third kappa shape index (κ3) is 2.58. The van der Waals surface area contributed by atoms with Gasteiger partial charge >= 0.3 is 5.69 Å². The van der Waals surface area contributed by atoms with Crippen molar-refractivity contribution >= 4 is 16.9 Å². The zero-order valence-corrected chi connectivity index (χ0v) is 15.7. The number of carbonyl (C=O) groups is 1. The molecule has 0 aliphatic carbocycles. The fourth-order valence-corrected chi connectivity index (χ4v) is 4.14. The number of amides is 1. The van der Waals surface area contributed by atoms with Gasteiger partial charge in [0.05, 0.1) is 36.3 Å². The first-order valence-corrected chi connectivity index (χ1v) is 9.46. The molecule has 0 radical (unpaired) electrons. The fourth-order valence-electron chi connectivity index (χ4n) is 4.14. The summed E-state index contributed by atoms with van der Waals surface area (Å²) < 4.78 is 8.89. The highest BCUT2D eigenvalue weighted by Gasteiger charge is 2.38. The van der Waals surface area contributed by atoms with Gasteiger partial charge in [-0.3, -0.25) is 18.8 Å². The standard InChI is InChI=1S/C21H22N4O3/c1-23-18-6-5-14(13-3-2-4-15(7-13)20(22)26)8-19(18)25(21(23)27)16-9-24(10-16)17-11-28-12-17/h2-8,16-17H,9-12H2,1H3,(H2,22,26). The van der Waals surface area contributed by atoms with Crippen molar-refractivity contribution in [1.29, 1.82) is 0 Å². The molecule has 3 aromatic rings. The number of hydrogen-bond acceptors (Lipinski definition) is 4. The third-order valence-corrected chi connectivity index (χ3v) is 5.96. The molecule has 0 bridgehead atoms. The number of aryl methyl sites for hydroxylation is 1. The summed E-state index contributed by atoms with van der Waals surface area (Å²) in [5.74, 6) is -0.450. The lowest BCUT2D eigenvalue weighted by molar-refractivity contribution is -0.0983. The molecule has 0 unspecified atom stereocenters. The summed E-state index contributed by atoms with van der Waals surface area (Å²) in [5, 5.41) is 0. The van der Waals surface area contributed by atoms with Gasteiger partial charge in [0.15, 0.2) is 0 Å². The van der Waals surface area contributed by atoms with Gasteiger partial charge in [-0.2, -0.15) is 0 Å². The van der Waals surface area contributed by atoms with Crippen LogP contribution in [-0.2, 0) is 11.8 Å². The smallest absolute Gasteiger partial charge is 0.329 e. The van der Waals surface area contributed by atoms with E-state index in [4.69, 9.17) is 10.5 Å². The Morgan fingerprint density at radius 1 is 1.04 bits per heavy atom. The Bertz CT molecular complexity index is 1140. The van der Waals surface area contributed by atoms with Crippen LogP contribution in [0.1, 0.15) is 16.4 Å². The second-order valence-electron chi connectivity index (χ2n) is 7.66. The van der Waals surface area contributed by atoms with Crippen molar-refractivity contribution in [2.24, 2.45) is 12.8 Å². The molecule has 2 N–H and O–H groups in total. The van der Waals surface area contributed by atoms with Gasteiger partial charge in [0.25, 0.3) is 0 Å². The lowest BCUT2D eigenvalue weighted by atomic mass is 10.0. The number of rotatable bonds is 4. The van der Waals surface area contributed by atoms with E-state index in [9.17, 15) is 9.59 Å². The van der Waals surface area contributed by atoms with E-state index in [1.54, 1.807) is 16.7 Å². The number of hydrogen-bond donors (Lipinski definition) is 1. The Labute approximate surface area is 161 Å². The van der Waals surface area contributed by atoms with E-state index in [1.807, 2.05) is 41.9 Å². The quantitative estimate of drug-likeness (QED) is 0.743. The molecule has 2 fully saturated rings. The van der Waals surface area contributed by atoms with Crippen molar-refractivity contribution in [3.63, 3.8) is 0 Å². The van der Waals surface area contributed by atoms with Gasteiger partial charge < -0.3 is 10.5 Å². The number of fused-ring (bicyclic) bond motifs is 1. The highest BCUT2D eigenvalue weighted by Crippen LogP contribution is 2.30. The molecule has 28 heavy (non-hydrogen) atoms. The Balaban J connectivity index is 1.55. The molecule has 2 aromatic carbocycles. The van der Waals surface area contributed by atoms with Gasteiger partial charge in [0.2, 0.25) is 5.91 Å². The highest BCUT2D eigenvalue weighted by molar-refractivity contribution is 5.94. The predicted octanol–water partition coefficient (Wildman–Crippen LogP) is 1.36. The molecule has 5 rings (SSSR count).